The Labute approximate surface area is 103 Å². The molecule has 2 N–H and O–H groups in total. The number of hydrogen-bond donors (Lipinski definition) is 1. The van der Waals surface area contributed by atoms with Crippen molar-refractivity contribution in [3.63, 3.8) is 0 Å². The molecule has 0 radical (unpaired) electrons. The van der Waals surface area contributed by atoms with E-state index >= 15 is 0 Å². The molecular formula is C12H22N4O. The number of nitrogens with two attached hydrogens (primary N) is 1. The van der Waals surface area contributed by atoms with Crippen LogP contribution in [-0.2, 0) is 6.54 Å². The third kappa shape index (κ3) is 2.78. The van der Waals surface area contributed by atoms with E-state index in [1.807, 2.05) is 14.0 Å². The lowest BCUT2D eigenvalue weighted by Gasteiger charge is -2.25. The van der Waals surface area contributed by atoms with Gasteiger partial charge in [0, 0.05) is 25.8 Å². The largest absolute Gasteiger partial charge is 0.396 e. The van der Waals surface area contributed by atoms with E-state index in [0.29, 0.717) is 17.9 Å². The Kier molecular flexibility index (Phi) is 4.54. The van der Waals surface area contributed by atoms with Gasteiger partial charge in [0.1, 0.15) is 0 Å². The van der Waals surface area contributed by atoms with Gasteiger partial charge in [-0.05, 0) is 19.8 Å². The molecule has 0 spiro atoms. The minimum atomic E-state index is -0.0941. The summed E-state index contributed by atoms with van der Waals surface area (Å²) in [5.41, 5.74) is 6.62. The smallest absolute Gasteiger partial charge is 0.276 e. The maximum atomic E-state index is 12.2. The van der Waals surface area contributed by atoms with Gasteiger partial charge in [-0.25, -0.2) is 0 Å². The average Bonchev–Trinajstić information content (AvgIpc) is 2.71. The first kappa shape index (κ1) is 13.5. The Morgan fingerprint density at radius 3 is 2.47 bits per heavy atom. The number of carbonyl (C=O) groups excluding carboxylic acids is 1. The van der Waals surface area contributed by atoms with E-state index in [-0.39, 0.29) is 11.9 Å². The van der Waals surface area contributed by atoms with Gasteiger partial charge in [0.2, 0.25) is 0 Å². The van der Waals surface area contributed by atoms with Crippen molar-refractivity contribution in [2.24, 2.45) is 0 Å². The zero-order chi connectivity index (χ0) is 13.0. The van der Waals surface area contributed by atoms with Crippen molar-refractivity contribution in [2.75, 3.05) is 12.8 Å². The highest BCUT2D eigenvalue weighted by Gasteiger charge is 2.22. The average molecular weight is 238 g/mol. The van der Waals surface area contributed by atoms with Crippen molar-refractivity contribution in [1.29, 1.82) is 0 Å². The molecule has 1 heterocycles. The van der Waals surface area contributed by atoms with E-state index in [1.165, 1.54) is 0 Å². The number of carbonyl (C=O) groups is 1. The summed E-state index contributed by atoms with van der Waals surface area (Å²) in [7, 11) is 1.81. The van der Waals surface area contributed by atoms with Crippen molar-refractivity contribution >= 4 is 11.6 Å². The predicted octanol–water partition coefficient (Wildman–Crippen LogP) is 1.75. The summed E-state index contributed by atoms with van der Waals surface area (Å²) >= 11 is 0. The minimum Gasteiger partial charge on any atom is -0.396 e. The standard InChI is InChI=1S/C12H22N4O/c1-5-9(6-2)15(4)12(17)11-10(13)8-16(7-3)14-11/h8-9H,5-7,13H2,1-4H3. The fourth-order valence-corrected chi connectivity index (χ4v) is 1.93. The van der Waals surface area contributed by atoms with E-state index in [0.717, 1.165) is 12.8 Å². The summed E-state index contributed by atoms with van der Waals surface area (Å²) in [5, 5.41) is 4.20. The minimum absolute atomic E-state index is 0.0941. The molecule has 0 aliphatic rings. The van der Waals surface area contributed by atoms with Crippen LogP contribution in [0.2, 0.25) is 0 Å². The maximum absolute atomic E-state index is 12.2. The number of aromatic nitrogens is 2. The Morgan fingerprint density at radius 1 is 1.47 bits per heavy atom. The molecule has 96 valence electrons. The Bertz CT molecular complexity index is 382. The van der Waals surface area contributed by atoms with Gasteiger partial charge in [-0.15, -0.1) is 0 Å². The fraction of sp³-hybridized carbons (Fsp3) is 0.667. The van der Waals surface area contributed by atoms with Crippen LogP contribution in [0.15, 0.2) is 6.20 Å². The molecule has 5 nitrogen and oxygen atoms in total. The van der Waals surface area contributed by atoms with Crippen LogP contribution in [0.4, 0.5) is 5.69 Å². The Hall–Kier alpha value is -1.52. The second-order valence-corrected chi connectivity index (χ2v) is 4.18. The molecule has 0 atom stereocenters. The van der Waals surface area contributed by atoms with Gasteiger partial charge in [-0.1, -0.05) is 13.8 Å². The van der Waals surface area contributed by atoms with E-state index in [9.17, 15) is 4.79 Å². The molecule has 1 amide bonds. The highest BCUT2D eigenvalue weighted by Crippen LogP contribution is 2.15. The molecule has 1 rings (SSSR count). The first-order valence-electron chi connectivity index (χ1n) is 6.15. The molecule has 0 fully saturated rings. The van der Waals surface area contributed by atoms with Crippen LogP contribution in [0.25, 0.3) is 0 Å². The highest BCUT2D eigenvalue weighted by molar-refractivity contribution is 5.97. The van der Waals surface area contributed by atoms with Crippen molar-refractivity contribution in [2.45, 2.75) is 46.2 Å². The first-order chi connectivity index (χ1) is 8.04. The van der Waals surface area contributed by atoms with Crippen LogP contribution in [0.5, 0.6) is 0 Å². The van der Waals surface area contributed by atoms with Gasteiger partial charge >= 0.3 is 0 Å². The molecular weight excluding hydrogens is 216 g/mol. The molecule has 0 aliphatic carbocycles. The highest BCUT2D eigenvalue weighted by atomic mass is 16.2. The Balaban J connectivity index is 2.91. The van der Waals surface area contributed by atoms with Gasteiger partial charge in [0.05, 0.1) is 5.69 Å². The number of amides is 1. The van der Waals surface area contributed by atoms with Gasteiger partial charge in [-0.3, -0.25) is 9.48 Å². The lowest BCUT2D eigenvalue weighted by Crippen LogP contribution is -2.36. The van der Waals surface area contributed by atoms with E-state index in [4.69, 9.17) is 5.73 Å². The van der Waals surface area contributed by atoms with Gasteiger partial charge < -0.3 is 10.6 Å². The van der Waals surface area contributed by atoms with E-state index < -0.39 is 0 Å². The van der Waals surface area contributed by atoms with Gasteiger partial charge in [0.15, 0.2) is 5.69 Å². The zero-order valence-corrected chi connectivity index (χ0v) is 11.1. The van der Waals surface area contributed by atoms with Crippen molar-refractivity contribution in [3.8, 4) is 0 Å². The van der Waals surface area contributed by atoms with Gasteiger partial charge in [-0.2, -0.15) is 5.10 Å². The molecule has 0 saturated carbocycles. The number of hydrogen-bond acceptors (Lipinski definition) is 3. The summed E-state index contributed by atoms with van der Waals surface area (Å²) in [4.78, 5) is 14.0. The Morgan fingerprint density at radius 2 is 2.06 bits per heavy atom. The number of rotatable bonds is 5. The number of nitrogens with zero attached hydrogens (tertiary/aromatic N) is 3. The maximum Gasteiger partial charge on any atom is 0.276 e. The number of nitrogen functional groups attached to an aromatic ring is 1. The summed E-state index contributed by atoms with van der Waals surface area (Å²) in [6, 6.07) is 0.244. The molecule has 0 bridgehead atoms. The summed E-state index contributed by atoms with van der Waals surface area (Å²) in [6.07, 6.45) is 3.58. The van der Waals surface area contributed by atoms with E-state index in [2.05, 4.69) is 18.9 Å². The quantitative estimate of drug-likeness (QED) is 0.850. The third-order valence-electron chi connectivity index (χ3n) is 3.13. The topological polar surface area (TPSA) is 64.2 Å². The molecule has 0 unspecified atom stereocenters. The monoisotopic (exact) mass is 238 g/mol. The molecule has 1 aromatic heterocycles. The zero-order valence-electron chi connectivity index (χ0n) is 11.1. The van der Waals surface area contributed by atoms with Crippen LogP contribution in [0.3, 0.4) is 0 Å². The van der Waals surface area contributed by atoms with Crippen LogP contribution in [-0.4, -0.2) is 33.7 Å². The lowest BCUT2D eigenvalue weighted by atomic mass is 10.1. The van der Waals surface area contributed by atoms with Gasteiger partial charge in [0.25, 0.3) is 5.91 Å². The molecule has 0 aliphatic heterocycles. The molecule has 1 aromatic rings. The number of aryl methyl sites for hydroxylation is 1. The molecule has 0 saturated heterocycles. The molecule has 17 heavy (non-hydrogen) atoms. The second kappa shape index (κ2) is 5.70. The van der Waals surface area contributed by atoms with Crippen molar-refractivity contribution in [3.05, 3.63) is 11.9 Å². The van der Waals surface area contributed by atoms with Crippen LogP contribution in [0.1, 0.15) is 44.1 Å². The fourth-order valence-electron chi connectivity index (χ4n) is 1.93. The van der Waals surface area contributed by atoms with E-state index in [1.54, 1.807) is 15.8 Å². The van der Waals surface area contributed by atoms with Crippen LogP contribution < -0.4 is 5.73 Å². The predicted molar refractivity (Wildman–Crippen MR) is 68.8 cm³/mol. The van der Waals surface area contributed by atoms with Crippen molar-refractivity contribution in [1.82, 2.24) is 14.7 Å². The summed E-state index contributed by atoms with van der Waals surface area (Å²) in [5.74, 6) is -0.0941. The normalized spacial score (nSPS) is 10.9. The molecule has 5 heteroatoms. The second-order valence-electron chi connectivity index (χ2n) is 4.18. The SMILES string of the molecule is CCC(CC)N(C)C(=O)c1nn(CC)cc1N. The third-order valence-corrected chi connectivity index (χ3v) is 3.13. The first-order valence-corrected chi connectivity index (χ1v) is 6.15. The summed E-state index contributed by atoms with van der Waals surface area (Å²) in [6.45, 7) is 6.83. The molecule has 0 aromatic carbocycles. The van der Waals surface area contributed by atoms with Crippen LogP contribution >= 0.6 is 0 Å². The van der Waals surface area contributed by atoms with Crippen molar-refractivity contribution < 1.29 is 4.79 Å². The summed E-state index contributed by atoms with van der Waals surface area (Å²) < 4.78 is 1.68. The number of anilines is 1. The van der Waals surface area contributed by atoms with Crippen LogP contribution in [0, 0.1) is 0 Å². The lowest BCUT2D eigenvalue weighted by molar-refractivity contribution is 0.0718.